The van der Waals surface area contributed by atoms with Crippen LogP contribution in [-0.4, -0.2) is 17.9 Å². The number of benzene rings is 2. The summed E-state index contributed by atoms with van der Waals surface area (Å²) >= 11 is 0. The van der Waals surface area contributed by atoms with Crippen molar-refractivity contribution < 1.29 is 19.1 Å². The van der Waals surface area contributed by atoms with Gasteiger partial charge in [-0.05, 0) is 12.1 Å². The molecule has 1 aliphatic heterocycles. The second-order valence-electron chi connectivity index (χ2n) is 4.62. The van der Waals surface area contributed by atoms with Gasteiger partial charge in [0, 0.05) is 0 Å². The van der Waals surface area contributed by atoms with Gasteiger partial charge in [0.2, 0.25) is 11.2 Å². The minimum atomic E-state index is -1.84. The lowest BCUT2D eigenvalue weighted by Crippen LogP contribution is -2.55. The molecule has 1 atom stereocenters. The summed E-state index contributed by atoms with van der Waals surface area (Å²) in [7, 11) is 0. The predicted octanol–water partition coefficient (Wildman–Crippen LogP) is -1.45. The van der Waals surface area contributed by atoms with E-state index in [1.54, 1.807) is 18.2 Å². The number of ether oxygens (including phenoxy) is 2. The maximum Gasteiger partial charge on any atom is 0.361 e. The molecule has 8 nitrogen and oxygen atoms in total. The summed E-state index contributed by atoms with van der Waals surface area (Å²) in [5.41, 5.74) is -7.19. The Kier molecular flexibility index (Phi) is 3.21. The van der Waals surface area contributed by atoms with Gasteiger partial charge in [-0.2, -0.15) is 0 Å². The predicted molar refractivity (Wildman–Crippen MR) is 74.7 cm³/mol. The highest BCUT2D eigenvalue weighted by Gasteiger charge is 2.42. The highest BCUT2D eigenvalue weighted by atomic mass is 16.6. The molecule has 0 bridgehead atoms. The molecule has 0 saturated carbocycles. The van der Waals surface area contributed by atoms with Crippen LogP contribution in [0.3, 0.4) is 0 Å². The van der Waals surface area contributed by atoms with E-state index in [-0.39, 0.29) is 5.75 Å². The standard InChI is InChI=1S/C15H6O8/c16-8-7-9(17)14(22-6-4-2-1-3-5-6)15(21)23-13(7)12(20)11(19)10(8)18/h1-5,14H. The van der Waals surface area contributed by atoms with E-state index in [1.807, 2.05) is 0 Å². The van der Waals surface area contributed by atoms with E-state index in [0.29, 0.717) is 0 Å². The van der Waals surface area contributed by atoms with Gasteiger partial charge in [0.1, 0.15) is 11.3 Å². The quantitative estimate of drug-likeness (QED) is 0.286. The number of hydrogen-bond donors (Lipinski definition) is 0. The fourth-order valence-electron chi connectivity index (χ4n) is 2.09. The molecule has 0 fully saturated rings. The molecule has 23 heavy (non-hydrogen) atoms. The van der Waals surface area contributed by atoms with Crippen LogP contribution in [0.15, 0.2) is 49.5 Å². The molecule has 2 aromatic carbocycles. The summed E-state index contributed by atoms with van der Waals surface area (Å²) in [5, 5.41) is 0. The monoisotopic (exact) mass is 314 g/mol. The zero-order valence-electron chi connectivity index (χ0n) is 11.2. The first-order chi connectivity index (χ1) is 10.9. The van der Waals surface area contributed by atoms with Crippen LogP contribution >= 0.6 is 0 Å². The first-order valence-corrected chi connectivity index (χ1v) is 6.31. The van der Waals surface area contributed by atoms with E-state index >= 15 is 0 Å². The smallest absolute Gasteiger partial charge is 0.361 e. The summed E-state index contributed by atoms with van der Waals surface area (Å²) in [5.74, 6) is -3.31. The van der Waals surface area contributed by atoms with Crippen LogP contribution < -0.4 is 31.2 Å². The first-order valence-electron chi connectivity index (χ1n) is 6.31. The normalized spacial score (nSPS) is 16.6. The average Bonchev–Trinajstić information content (AvgIpc) is 2.55. The lowest BCUT2D eigenvalue weighted by Gasteiger charge is -2.21. The molecule has 1 unspecified atom stereocenters. The SMILES string of the molecule is O=C1Oc2c(c(=O)c(=O)c(=O)c2=O)C(=O)C1Oc1ccccc1. The van der Waals surface area contributed by atoms with Crippen molar-refractivity contribution in [1.82, 2.24) is 0 Å². The largest absolute Gasteiger partial charge is 0.470 e. The molecule has 0 spiro atoms. The lowest BCUT2D eigenvalue weighted by molar-refractivity contribution is -0.140. The topological polar surface area (TPSA) is 121 Å². The Morgan fingerprint density at radius 3 is 2.04 bits per heavy atom. The Morgan fingerprint density at radius 2 is 1.39 bits per heavy atom. The molecular weight excluding hydrogens is 308 g/mol. The third-order valence-electron chi connectivity index (χ3n) is 3.18. The van der Waals surface area contributed by atoms with Crippen molar-refractivity contribution in [3.05, 3.63) is 76.8 Å². The molecule has 0 aromatic heterocycles. The van der Waals surface area contributed by atoms with Crippen LogP contribution in [0.25, 0.3) is 0 Å². The Balaban J connectivity index is 2.15. The van der Waals surface area contributed by atoms with Crippen molar-refractivity contribution >= 4 is 11.8 Å². The van der Waals surface area contributed by atoms with E-state index in [9.17, 15) is 28.8 Å². The molecular formula is C15H6O8. The number of esters is 1. The second kappa shape index (κ2) is 5.09. The van der Waals surface area contributed by atoms with Gasteiger partial charge in [-0.1, -0.05) is 18.2 Å². The Morgan fingerprint density at radius 1 is 0.783 bits per heavy atom. The van der Waals surface area contributed by atoms with E-state index in [4.69, 9.17) is 4.74 Å². The molecule has 0 amide bonds. The number of rotatable bonds is 2. The minimum absolute atomic E-state index is 0.142. The molecule has 0 radical (unpaired) electrons. The van der Waals surface area contributed by atoms with E-state index in [1.165, 1.54) is 12.1 Å². The average molecular weight is 314 g/mol. The first kappa shape index (κ1) is 14.5. The molecule has 1 heterocycles. The van der Waals surface area contributed by atoms with Crippen LogP contribution in [0.5, 0.6) is 11.5 Å². The highest BCUT2D eigenvalue weighted by Crippen LogP contribution is 2.21. The van der Waals surface area contributed by atoms with E-state index in [2.05, 4.69) is 4.74 Å². The van der Waals surface area contributed by atoms with Gasteiger partial charge < -0.3 is 9.47 Å². The summed E-state index contributed by atoms with van der Waals surface area (Å²) in [4.78, 5) is 70.2. The Hall–Kier alpha value is -3.42. The lowest BCUT2D eigenvalue weighted by atomic mass is 10.0. The van der Waals surface area contributed by atoms with Gasteiger partial charge in [-0.3, -0.25) is 24.0 Å². The number of hydrogen-bond acceptors (Lipinski definition) is 8. The number of Topliss-reactive ketones (excluding diaryl/α,β-unsaturated/α-hetero) is 1. The van der Waals surface area contributed by atoms with Gasteiger partial charge in [0.25, 0.3) is 22.4 Å². The molecule has 3 rings (SSSR count). The van der Waals surface area contributed by atoms with Crippen molar-refractivity contribution in [3.8, 4) is 11.5 Å². The van der Waals surface area contributed by atoms with Gasteiger partial charge in [0.05, 0.1) is 0 Å². The molecule has 0 saturated heterocycles. The van der Waals surface area contributed by atoms with Crippen LogP contribution in [0, 0.1) is 0 Å². The number of fused-ring (bicyclic) bond motifs is 1. The third-order valence-corrected chi connectivity index (χ3v) is 3.18. The van der Waals surface area contributed by atoms with Crippen molar-refractivity contribution in [1.29, 1.82) is 0 Å². The van der Waals surface area contributed by atoms with Crippen LogP contribution in [-0.2, 0) is 4.79 Å². The zero-order valence-corrected chi connectivity index (χ0v) is 11.2. The van der Waals surface area contributed by atoms with Crippen molar-refractivity contribution in [3.63, 3.8) is 0 Å². The minimum Gasteiger partial charge on any atom is -0.470 e. The number of carbonyl (C=O) groups excluding carboxylic acids is 2. The van der Waals surface area contributed by atoms with Crippen molar-refractivity contribution in [2.45, 2.75) is 6.10 Å². The molecule has 0 N–H and O–H groups in total. The van der Waals surface area contributed by atoms with Crippen molar-refractivity contribution in [2.75, 3.05) is 0 Å². The third kappa shape index (κ3) is 2.16. The fourth-order valence-corrected chi connectivity index (χ4v) is 2.09. The number of carbonyl (C=O) groups is 2. The van der Waals surface area contributed by atoms with Gasteiger partial charge in [0.15, 0.2) is 5.75 Å². The van der Waals surface area contributed by atoms with Crippen LogP contribution in [0.1, 0.15) is 10.4 Å². The highest BCUT2D eigenvalue weighted by molar-refractivity contribution is 6.15. The number of para-hydroxylation sites is 1. The summed E-state index contributed by atoms with van der Waals surface area (Å²) in [6.45, 7) is 0. The van der Waals surface area contributed by atoms with Gasteiger partial charge in [-0.15, -0.1) is 0 Å². The van der Waals surface area contributed by atoms with E-state index < -0.39 is 50.9 Å². The number of ketones is 1. The maximum absolute atomic E-state index is 12.3. The van der Waals surface area contributed by atoms with Crippen LogP contribution in [0.4, 0.5) is 0 Å². The molecule has 0 aliphatic carbocycles. The fraction of sp³-hybridized carbons (Fsp3) is 0.0667. The van der Waals surface area contributed by atoms with Gasteiger partial charge in [-0.25, -0.2) is 4.79 Å². The summed E-state index contributed by atoms with van der Waals surface area (Å²) < 4.78 is 9.75. The maximum atomic E-state index is 12.3. The molecule has 114 valence electrons. The Bertz CT molecular complexity index is 1030. The second-order valence-corrected chi connectivity index (χ2v) is 4.62. The van der Waals surface area contributed by atoms with Crippen LogP contribution in [0.2, 0.25) is 0 Å². The summed E-state index contributed by atoms with van der Waals surface area (Å²) in [6.07, 6.45) is -1.84. The Labute approximate surface area is 126 Å². The molecule has 8 heteroatoms. The molecule has 1 aliphatic rings. The zero-order chi connectivity index (χ0) is 16.7. The molecule has 2 aromatic rings. The van der Waals surface area contributed by atoms with Gasteiger partial charge >= 0.3 is 5.97 Å². The van der Waals surface area contributed by atoms with Crippen molar-refractivity contribution in [2.24, 2.45) is 0 Å². The van der Waals surface area contributed by atoms with E-state index in [0.717, 1.165) is 0 Å². The summed E-state index contributed by atoms with van der Waals surface area (Å²) in [6, 6.07) is 7.73.